The number of carboxylic acids is 1. The molecule has 30 heavy (non-hydrogen) atoms. The number of ether oxygens (including phenoxy) is 1. The summed E-state index contributed by atoms with van der Waals surface area (Å²) >= 11 is 0. The second kappa shape index (κ2) is 9.23. The van der Waals surface area contributed by atoms with E-state index < -0.39 is 17.5 Å². The molecule has 1 amide bonds. The first kappa shape index (κ1) is 24.0. The summed E-state index contributed by atoms with van der Waals surface area (Å²) in [6, 6.07) is 3.85. The van der Waals surface area contributed by atoms with Crippen LogP contribution in [0.15, 0.2) is 18.3 Å². The topological polar surface area (TPSA) is 83.0 Å². The van der Waals surface area contributed by atoms with Crippen molar-refractivity contribution in [3.8, 4) is 0 Å². The van der Waals surface area contributed by atoms with Gasteiger partial charge in [0.15, 0.2) is 0 Å². The maximum absolute atomic E-state index is 12.6. The average Bonchev–Trinajstić information content (AvgIpc) is 3.07. The number of rotatable bonds is 6. The molecule has 1 aromatic rings. The average molecular weight is 420 g/mol. The van der Waals surface area contributed by atoms with Gasteiger partial charge in [0.05, 0.1) is 12.0 Å². The van der Waals surface area contributed by atoms with Crippen molar-refractivity contribution in [2.45, 2.75) is 73.0 Å². The minimum Gasteiger partial charge on any atom is -0.481 e. The van der Waals surface area contributed by atoms with E-state index in [1.54, 1.807) is 11.1 Å². The van der Waals surface area contributed by atoms with Crippen LogP contribution in [0.1, 0.15) is 60.5 Å². The Morgan fingerprint density at radius 2 is 1.97 bits per heavy atom. The van der Waals surface area contributed by atoms with Gasteiger partial charge in [-0.3, -0.25) is 4.79 Å². The van der Waals surface area contributed by atoms with Crippen LogP contribution >= 0.6 is 0 Å². The minimum absolute atomic E-state index is 0.0394. The Kier molecular flexibility index (Phi) is 7.37. The minimum atomic E-state index is -0.793. The van der Waals surface area contributed by atoms with Crippen molar-refractivity contribution in [2.75, 3.05) is 24.5 Å². The lowest BCUT2D eigenvalue weighted by atomic mass is 9.77. The summed E-state index contributed by atoms with van der Waals surface area (Å²) in [4.78, 5) is 33.0. The summed E-state index contributed by atoms with van der Waals surface area (Å²) in [5.41, 5.74) is 0.0404. The van der Waals surface area contributed by atoms with Crippen LogP contribution in [0.2, 0.25) is 0 Å². The molecule has 2 rings (SSSR count). The highest BCUT2D eigenvalue weighted by atomic mass is 16.6. The molecule has 0 aromatic carbocycles. The number of aliphatic carboxylic acids is 1. The molecule has 1 fully saturated rings. The maximum Gasteiger partial charge on any atom is 0.410 e. The molecule has 7 heteroatoms. The first-order chi connectivity index (χ1) is 13.8. The van der Waals surface area contributed by atoms with Crippen LogP contribution in [-0.2, 0) is 16.0 Å². The van der Waals surface area contributed by atoms with E-state index in [2.05, 4.69) is 9.88 Å². The predicted octanol–water partition coefficient (Wildman–Crippen LogP) is 4.21. The zero-order chi connectivity index (χ0) is 22.7. The van der Waals surface area contributed by atoms with Crippen LogP contribution in [0.5, 0.6) is 0 Å². The molecule has 1 aliphatic heterocycles. The Balaban J connectivity index is 2.19. The molecule has 0 radical (unpaired) electrons. The van der Waals surface area contributed by atoms with Gasteiger partial charge in [-0.25, -0.2) is 9.78 Å². The van der Waals surface area contributed by atoms with Crippen molar-refractivity contribution < 1.29 is 19.4 Å². The van der Waals surface area contributed by atoms with Crippen molar-refractivity contribution in [2.24, 2.45) is 11.3 Å². The van der Waals surface area contributed by atoms with Crippen molar-refractivity contribution in [1.82, 2.24) is 9.88 Å². The Labute approximate surface area is 180 Å². The second-order valence-corrected chi connectivity index (χ2v) is 10.1. The maximum atomic E-state index is 12.6. The van der Waals surface area contributed by atoms with E-state index in [0.717, 1.165) is 24.3 Å². The van der Waals surface area contributed by atoms with E-state index in [-0.39, 0.29) is 17.6 Å². The van der Waals surface area contributed by atoms with Crippen LogP contribution in [0.3, 0.4) is 0 Å². The third kappa shape index (κ3) is 6.09. The third-order valence-corrected chi connectivity index (χ3v) is 5.51. The monoisotopic (exact) mass is 419 g/mol. The van der Waals surface area contributed by atoms with Gasteiger partial charge in [0.1, 0.15) is 11.4 Å². The highest BCUT2D eigenvalue weighted by Crippen LogP contribution is 2.33. The first-order valence-corrected chi connectivity index (χ1v) is 10.7. The quantitative estimate of drug-likeness (QED) is 0.744. The van der Waals surface area contributed by atoms with E-state index in [0.29, 0.717) is 19.5 Å². The molecule has 7 nitrogen and oxygen atoms in total. The number of likely N-dealkylation sites (N-methyl/N-ethyl adjacent to an activating group) is 1. The van der Waals surface area contributed by atoms with Gasteiger partial charge >= 0.3 is 12.1 Å². The molecule has 0 spiro atoms. The highest BCUT2D eigenvalue weighted by Gasteiger charge is 2.35. The summed E-state index contributed by atoms with van der Waals surface area (Å²) in [6.07, 6.45) is 2.69. The molecule has 1 saturated heterocycles. The summed E-state index contributed by atoms with van der Waals surface area (Å²) in [7, 11) is 0. The van der Waals surface area contributed by atoms with Gasteiger partial charge in [0, 0.05) is 25.8 Å². The third-order valence-electron chi connectivity index (χ3n) is 5.51. The Bertz CT molecular complexity index is 752. The molecule has 2 atom stereocenters. The van der Waals surface area contributed by atoms with Gasteiger partial charge in [-0.2, -0.15) is 0 Å². The van der Waals surface area contributed by atoms with Crippen LogP contribution in [0.25, 0.3) is 0 Å². The van der Waals surface area contributed by atoms with E-state index in [9.17, 15) is 14.7 Å². The van der Waals surface area contributed by atoms with Gasteiger partial charge in [0.2, 0.25) is 0 Å². The van der Waals surface area contributed by atoms with Crippen molar-refractivity contribution in [3.05, 3.63) is 23.9 Å². The first-order valence-electron chi connectivity index (χ1n) is 10.7. The lowest BCUT2D eigenvalue weighted by molar-refractivity contribution is -0.145. The van der Waals surface area contributed by atoms with Crippen LogP contribution in [0.4, 0.5) is 10.6 Å². The van der Waals surface area contributed by atoms with Crippen molar-refractivity contribution >= 4 is 17.9 Å². The number of carbonyl (C=O) groups excluding carboxylic acids is 1. The Hall–Kier alpha value is -2.31. The van der Waals surface area contributed by atoms with Gasteiger partial charge < -0.3 is 19.6 Å². The SMILES string of the molecule is CCN(C(=O)OC(C)(C)C)[C@@H]1CCN(c2ncccc2CC(C(=O)O)C(C)(C)C)C1. The molecule has 2 heterocycles. The normalized spacial score (nSPS) is 18.2. The highest BCUT2D eigenvalue weighted by molar-refractivity contribution is 5.72. The van der Waals surface area contributed by atoms with Crippen LogP contribution in [-0.4, -0.2) is 58.3 Å². The number of hydrogen-bond donors (Lipinski definition) is 1. The predicted molar refractivity (Wildman–Crippen MR) is 118 cm³/mol. The zero-order valence-electron chi connectivity index (χ0n) is 19.4. The number of anilines is 1. The van der Waals surface area contributed by atoms with Gasteiger partial charge in [-0.05, 0) is 57.6 Å². The number of carbonyl (C=O) groups is 2. The van der Waals surface area contributed by atoms with Crippen LogP contribution in [0, 0.1) is 11.3 Å². The lowest BCUT2D eigenvalue weighted by Gasteiger charge is -2.31. The standard InChI is InChI=1S/C23H37N3O4/c1-8-26(21(29)30-23(5,6)7)17-11-13-25(15-17)19-16(10-9-12-24-19)14-18(20(27)28)22(2,3)4/h9-10,12,17-18H,8,11,13-15H2,1-7H3,(H,27,28)/t17-,18?/m1/s1. The summed E-state index contributed by atoms with van der Waals surface area (Å²) in [6.45, 7) is 15.4. The van der Waals surface area contributed by atoms with Gasteiger partial charge in [-0.15, -0.1) is 0 Å². The smallest absolute Gasteiger partial charge is 0.410 e. The largest absolute Gasteiger partial charge is 0.481 e. The number of carboxylic acid groups (broad SMARTS) is 1. The fourth-order valence-electron chi connectivity index (χ4n) is 3.90. The van der Waals surface area contributed by atoms with Gasteiger partial charge in [-0.1, -0.05) is 26.8 Å². The lowest BCUT2D eigenvalue weighted by Crippen LogP contribution is -2.44. The molecular weight excluding hydrogens is 382 g/mol. The molecular formula is C23H37N3O4. The van der Waals surface area contributed by atoms with Gasteiger partial charge in [0.25, 0.3) is 0 Å². The molecule has 1 unspecified atom stereocenters. The summed E-state index contributed by atoms with van der Waals surface area (Å²) in [5.74, 6) is -0.484. The zero-order valence-corrected chi connectivity index (χ0v) is 19.4. The summed E-state index contributed by atoms with van der Waals surface area (Å²) in [5, 5.41) is 9.73. The second-order valence-electron chi connectivity index (χ2n) is 10.1. The number of pyridine rings is 1. The number of hydrogen-bond acceptors (Lipinski definition) is 5. The Morgan fingerprint density at radius 1 is 1.30 bits per heavy atom. The molecule has 168 valence electrons. The fourth-order valence-corrected chi connectivity index (χ4v) is 3.90. The molecule has 1 aromatic heterocycles. The Morgan fingerprint density at radius 3 is 2.50 bits per heavy atom. The van der Waals surface area contributed by atoms with Crippen LogP contribution < -0.4 is 4.90 Å². The molecule has 1 aliphatic rings. The van der Waals surface area contributed by atoms with E-state index >= 15 is 0 Å². The van der Waals surface area contributed by atoms with E-state index in [4.69, 9.17) is 4.74 Å². The molecule has 0 saturated carbocycles. The number of nitrogens with zero attached hydrogens (tertiary/aromatic N) is 3. The van der Waals surface area contributed by atoms with E-state index in [1.807, 2.05) is 60.6 Å². The molecule has 0 bridgehead atoms. The molecule has 1 N–H and O–H groups in total. The molecule has 0 aliphatic carbocycles. The van der Waals surface area contributed by atoms with Crippen molar-refractivity contribution in [3.63, 3.8) is 0 Å². The van der Waals surface area contributed by atoms with E-state index in [1.165, 1.54) is 0 Å². The number of aromatic nitrogens is 1. The summed E-state index contributed by atoms with van der Waals surface area (Å²) < 4.78 is 5.57. The van der Waals surface area contributed by atoms with Crippen molar-refractivity contribution in [1.29, 1.82) is 0 Å². The number of amides is 1. The fraction of sp³-hybridized carbons (Fsp3) is 0.696.